The van der Waals surface area contributed by atoms with Gasteiger partial charge in [0.05, 0.1) is 16.5 Å². The Labute approximate surface area is 191 Å². The minimum Gasteiger partial charge on any atom is -0.356 e. The van der Waals surface area contributed by atoms with Gasteiger partial charge in [-0.25, -0.2) is 14.8 Å². The summed E-state index contributed by atoms with van der Waals surface area (Å²) >= 11 is 0. The summed E-state index contributed by atoms with van der Waals surface area (Å²) < 4.78 is 39.5. The highest BCUT2D eigenvalue weighted by Gasteiger charge is 2.31. The Kier molecular flexibility index (Phi) is 6.40. The molecule has 1 fully saturated rings. The Balaban J connectivity index is 1.42. The quantitative estimate of drug-likeness (QED) is 0.585. The summed E-state index contributed by atoms with van der Waals surface area (Å²) in [6, 6.07) is 3.62. The van der Waals surface area contributed by atoms with Gasteiger partial charge in [0.2, 0.25) is 0 Å². The van der Waals surface area contributed by atoms with E-state index >= 15 is 0 Å². The summed E-state index contributed by atoms with van der Waals surface area (Å²) in [4.78, 5) is 49.3. The largest absolute Gasteiger partial charge is 0.417 e. The van der Waals surface area contributed by atoms with Gasteiger partial charge in [0, 0.05) is 38.1 Å². The number of hydrogen-bond donors (Lipinski definition) is 2. The average Bonchev–Trinajstić information content (AvgIpc) is 2.81. The molecule has 0 aromatic carbocycles. The van der Waals surface area contributed by atoms with Crippen molar-refractivity contribution >= 4 is 22.8 Å². The number of carbonyl (C=O) groups excluding carboxylic acids is 1. The molecule has 0 radical (unpaired) electrons. The molecule has 34 heavy (non-hydrogen) atoms. The molecule has 9 nitrogen and oxygen atoms in total. The van der Waals surface area contributed by atoms with Crippen molar-refractivity contribution < 1.29 is 18.0 Å². The number of amides is 1. The van der Waals surface area contributed by atoms with E-state index < -0.39 is 28.9 Å². The van der Waals surface area contributed by atoms with E-state index in [-0.39, 0.29) is 22.6 Å². The predicted molar refractivity (Wildman–Crippen MR) is 119 cm³/mol. The first kappa shape index (κ1) is 23.5. The molecule has 1 amide bonds. The molecule has 1 aliphatic rings. The number of anilines is 1. The van der Waals surface area contributed by atoms with Crippen molar-refractivity contribution in [3.8, 4) is 0 Å². The van der Waals surface area contributed by atoms with E-state index in [9.17, 15) is 27.6 Å². The summed E-state index contributed by atoms with van der Waals surface area (Å²) in [5.74, 6) is 0.0574. The van der Waals surface area contributed by atoms with Gasteiger partial charge in [-0.2, -0.15) is 13.2 Å². The minimum atomic E-state index is -4.43. The molecule has 3 aromatic rings. The molecule has 1 saturated heterocycles. The molecule has 1 aliphatic heterocycles. The van der Waals surface area contributed by atoms with Gasteiger partial charge < -0.3 is 10.2 Å². The lowest BCUT2D eigenvalue weighted by molar-refractivity contribution is -0.137. The maximum absolute atomic E-state index is 12.8. The Hall–Kier alpha value is -3.70. The van der Waals surface area contributed by atoms with Crippen molar-refractivity contribution in [3.05, 3.63) is 62.6 Å². The van der Waals surface area contributed by atoms with Crippen LogP contribution in [0.2, 0.25) is 0 Å². The van der Waals surface area contributed by atoms with Crippen LogP contribution < -0.4 is 21.5 Å². The highest BCUT2D eigenvalue weighted by atomic mass is 19.4. The smallest absolute Gasteiger partial charge is 0.356 e. The van der Waals surface area contributed by atoms with Crippen LogP contribution in [0.15, 0.2) is 40.2 Å². The van der Waals surface area contributed by atoms with E-state index in [0.29, 0.717) is 44.7 Å². The lowest BCUT2D eigenvalue weighted by Crippen LogP contribution is -2.45. The molecule has 2 N–H and O–H groups in total. The number of H-pyrrole nitrogens is 1. The maximum atomic E-state index is 12.8. The highest BCUT2D eigenvalue weighted by Crippen LogP contribution is 2.29. The van der Waals surface area contributed by atoms with Crippen molar-refractivity contribution in [3.63, 3.8) is 0 Å². The molecule has 0 spiro atoms. The zero-order valence-electron chi connectivity index (χ0n) is 18.4. The van der Waals surface area contributed by atoms with E-state index in [1.807, 2.05) is 11.8 Å². The van der Waals surface area contributed by atoms with Crippen LogP contribution >= 0.6 is 0 Å². The zero-order valence-corrected chi connectivity index (χ0v) is 18.4. The second-order valence-electron chi connectivity index (χ2n) is 8.14. The van der Waals surface area contributed by atoms with Crippen molar-refractivity contribution in [1.29, 1.82) is 0 Å². The zero-order chi connectivity index (χ0) is 24.5. The lowest BCUT2D eigenvalue weighted by atomic mass is 10.0. The Bertz CT molecular complexity index is 1310. The summed E-state index contributed by atoms with van der Waals surface area (Å²) in [7, 11) is 0. The monoisotopic (exact) mass is 476 g/mol. The number of aryl methyl sites for hydroxylation is 1. The molecule has 4 rings (SSSR count). The fraction of sp³-hybridized carbons (Fsp3) is 0.409. The summed E-state index contributed by atoms with van der Waals surface area (Å²) in [5.41, 5.74) is -1.52. The Morgan fingerprint density at radius 3 is 2.53 bits per heavy atom. The molecular weight excluding hydrogens is 453 g/mol. The van der Waals surface area contributed by atoms with Gasteiger partial charge in [-0.3, -0.25) is 19.1 Å². The van der Waals surface area contributed by atoms with Crippen molar-refractivity contribution in [2.75, 3.05) is 18.0 Å². The van der Waals surface area contributed by atoms with E-state index in [1.165, 1.54) is 22.9 Å². The predicted octanol–water partition coefficient (Wildman–Crippen LogP) is 2.31. The SMILES string of the molecule is CCCn1c(=O)[nH]c(=O)c2cc(C(=O)NC3CCN(c4ccc(C(F)(F)F)cn4)CC3)cnc21. The third-order valence-corrected chi connectivity index (χ3v) is 5.77. The number of aromatic amines is 1. The maximum Gasteiger partial charge on any atom is 0.417 e. The van der Waals surface area contributed by atoms with Crippen LogP contribution in [0.3, 0.4) is 0 Å². The Morgan fingerprint density at radius 2 is 1.91 bits per heavy atom. The van der Waals surface area contributed by atoms with E-state index in [0.717, 1.165) is 12.3 Å². The van der Waals surface area contributed by atoms with Crippen LogP contribution in [0.1, 0.15) is 42.1 Å². The molecule has 4 heterocycles. The molecule has 0 unspecified atom stereocenters. The summed E-state index contributed by atoms with van der Waals surface area (Å²) in [6.45, 7) is 3.31. The first-order valence-electron chi connectivity index (χ1n) is 10.9. The first-order chi connectivity index (χ1) is 16.2. The molecule has 0 aliphatic carbocycles. The minimum absolute atomic E-state index is 0.152. The molecule has 12 heteroatoms. The van der Waals surface area contributed by atoms with Gasteiger partial charge in [0.1, 0.15) is 11.5 Å². The number of alkyl halides is 3. The number of rotatable bonds is 5. The van der Waals surface area contributed by atoms with Gasteiger partial charge in [-0.05, 0) is 37.5 Å². The molecule has 0 bridgehead atoms. The Morgan fingerprint density at radius 1 is 1.18 bits per heavy atom. The van der Waals surface area contributed by atoms with Gasteiger partial charge in [-0.1, -0.05) is 6.92 Å². The molecule has 180 valence electrons. The van der Waals surface area contributed by atoms with Crippen molar-refractivity contribution in [1.82, 2.24) is 24.8 Å². The van der Waals surface area contributed by atoms with E-state index in [4.69, 9.17) is 0 Å². The number of nitrogens with one attached hydrogen (secondary N) is 2. The van der Waals surface area contributed by atoms with Crippen molar-refractivity contribution in [2.24, 2.45) is 0 Å². The molecular formula is C22H23F3N6O3. The second-order valence-corrected chi connectivity index (χ2v) is 8.14. The number of aromatic nitrogens is 4. The van der Waals surface area contributed by atoms with Gasteiger partial charge in [0.25, 0.3) is 11.5 Å². The third kappa shape index (κ3) is 4.80. The summed E-state index contributed by atoms with van der Waals surface area (Å²) in [6.07, 6.45) is -0.454. The van der Waals surface area contributed by atoms with Crippen LogP contribution in [-0.4, -0.2) is 44.6 Å². The molecule has 3 aromatic heterocycles. The third-order valence-electron chi connectivity index (χ3n) is 5.77. The number of carbonyl (C=O) groups is 1. The van der Waals surface area contributed by atoms with Crippen LogP contribution in [0.25, 0.3) is 11.0 Å². The second kappa shape index (κ2) is 9.27. The van der Waals surface area contributed by atoms with Gasteiger partial charge in [-0.15, -0.1) is 0 Å². The standard InChI is InChI=1S/C22H23F3N6O3/c1-2-7-31-18-16(20(33)29-21(31)34)10-13(11-27-18)19(32)28-15-5-8-30(9-6-15)17-4-3-14(12-26-17)22(23,24)25/h3-4,10-12,15H,2,5-9H2,1H3,(H,28,32)(H,29,33,34). The van der Waals surface area contributed by atoms with E-state index in [2.05, 4.69) is 20.3 Å². The number of fused-ring (bicyclic) bond motifs is 1. The molecule has 0 saturated carbocycles. The number of hydrogen-bond acceptors (Lipinski definition) is 6. The number of piperidine rings is 1. The van der Waals surface area contributed by atoms with Gasteiger partial charge in [0.15, 0.2) is 0 Å². The lowest BCUT2D eigenvalue weighted by Gasteiger charge is -2.33. The van der Waals surface area contributed by atoms with Crippen LogP contribution in [-0.2, 0) is 12.7 Å². The normalized spacial score (nSPS) is 15.0. The summed E-state index contributed by atoms with van der Waals surface area (Å²) in [5, 5.41) is 3.07. The number of pyridine rings is 2. The van der Waals surface area contributed by atoms with Crippen molar-refractivity contribution in [2.45, 2.75) is 44.9 Å². The first-order valence-corrected chi connectivity index (χ1v) is 10.9. The number of halogens is 3. The highest BCUT2D eigenvalue weighted by molar-refractivity contribution is 5.96. The van der Waals surface area contributed by atoms with Crippen LogP contribution in [0, 0.1) is 0 Å². The fourth-order valence-corrected chi connectivity index (χ4v) is 3.99. The van der Waals surface area contributed by atoms with Gasteiger partial charge >= 0.3 is 11.9 Å². The molecule has 0 atom stereocenters. The fourth-order valence-electron chi connectivity index (χ4n) is 3.99. The van der Waals surface area contributed by atoms with E-state index in [1.54, 1.807) is 0 Å². The number of nitrogens with zero attached hydrogens (tertiary/aromatic N) is 4. The van der Waals surface area contributed by atoms with Crippen LogP contribution in [0.4, 0.5) is 19.0 Å². The van der Waals surface area contributed by atoms with Crippen LogP contribution in [0.5, 0.6) is 0 Å². The average molecular weight is 476 g/mol. The topological polar surface area (TPSA) is 113 Å².